The number of rotatable bonds is 7. The number of aldehydes is 1. The van der Waals surface area contributed by atoms with E-state index in [4.69, 9.17) is 4.74 Å². The third kappa shape index (κ3) is 3.90. The number of ether oxygens (including phenoxy) is 1. The van der Waals surface area contributed by atoms with E-state index in [1.54, 1.807) is 0 Å². The SMILES string of the molecule is CCCC(=O)OC(C=O)(CC)CCC. The molecule has 0 spiro atoms. The van der Waals surface area contributed by atoms with Crippen LogP contribution >= 0.6 is 0 Å². The summed E-state index contributed by atoms with van der Waals surface area (Å²) in [6.45, 7) is 5.75. The summed E-state index contributed by atoms with van der Waals surface area (Å²) >= 11 is 0. The largest absolute Gasteiger partial charge is 0.451 e. The second kappa shape index (κ2) is 6.57. The van der Waals surface area contributed by atoms with E-state index in [2.05, 4.69) is 0 Å². The molecule has 0 fully saturated rings. The molecule has 0 aromatic heterocycles. The zero-order chi connectivity index (χ0) is 11.0. The van der Waals surface area contributed by atoms with Crippen LogP contribution in [0.15, 0.2) is 0 Å². The van der Waals surface area contributed by atoms with Crippen LogP contribution in [0.1, 0.15) is 52.9 Å². The Morgan fingerprint density at radius 1 is 1.29 bits per heavy atom. The summed E-state index contributed by atoms with van der Waals surface area (Å²) in [7, 11) is 0. The van der Waals surface area contributed by atoms with Crippen molar-refractivity contribution >= 4 is 12.3 Å². The highest BCUT2D eigenvalue weighted by Crippen LogP contribution is 2.20. The number of carbonyl (C=O) groups is 2. The highest BCUT2D eigenvalue weighted by molar-refractivity contribution is 5.74. The Hall–Kier alpha value is -0.860. The van der Waals surface area contributed by atoms with Crippen molar-refractivity contribution in [3.8, 4) is 0 Å². The van der Waals surface area contributed by atoms with E-state index in [1.165, 1.54) is 0 Å². The standard InChI is InChI=1S/C11H20O3/c1-4-7-10(13)14-11(6-3,9-12)8-5-2/h9H,4-8H2,1-3H3. The lowest BCUT2D eigenvalue weighted by molar-refractivity contribution is -0.164. The zero-order valence-electron chi connectivity index (χ0n) is 9.34. The Kier molecular flexibility index (Phi) is 6.17. The predicted molar refractivity (Wildman–Crippen MR) is 55.0 cm³/mol. The van der Waals surface area contributed by atoms with E-state index < -0.39 is 5.60 Å². The summed E-state index contributed by atoms with van der Waals surface area (Å²) in [5, 5.41) is 0. The van der Waals surface area contributed by atoms with E-state index in [0.717, 1.165) is 19.1 Å². The molecule has 0 heterocycles. The predicted octanol–water partition coefficient (Wildman–Crippen LogP) is 2.48. The van der Waals surface area contributed by atoms with Crippen LogP contribution in [-0.2, 0) is 14.3 Å². The van der Waals surface area contributed by atoms with Gasteiger partial charge in [-0.1, -0.05) is 27.2 Å². The van der Waals surface area contributed by atoms with Crippen LogP contribution in [-0.4, -0.2) is 17.9 Å². The molecule has 0 radical (unpaired) electrons. The van der Waals surface area contributed by atoms with Gasteiger partial charge < -0.3 is 4.74 Å². The van der Waals surface area contributed by atoms with Gasteiger partial charge in [0.25, 0.3) is 0 Å². The number of carbonyl (C=O) groups excluding carboxylic acids is 2. The lowest BCUT2D eigenvalue weighted by Crippen LogP contribution is -2.36. The van der Waals surface area contributed by atoms with Crippen LogP contribution in [0.2, 0.25) is 0 Å². The minimum atomic E-state index is -0.874. The highest BCUT2D eigenvalue weighted by atomic mass is 16.6. The van der Waals surface area contributed by atoms with Gasteiger partial charge in [0.15, 0.2) is 11.9 Å². The molecule has 0 N–H and O–H groups in total. The fourth-order valence-electron chi connectivity index (χ4n) is 1.37. The van der Waals surface area contributed by atoms with E-state index >= 15 is 0 Å². The fourth-order valence-corrected chi connectivity index (χ4v) is 1.37. The molecule has 0 aromatic carbocycles. The molecular formula is C11H20O3. The number of hydrogen-bond acceptors (Lipinski definition) is 3. The second-order valence-corrected chi connectivity index (χ2v) is 3.51. The van der Waals surface area contributed by atoms with Gasteiger partial charge in [-0.25, -0.2) is 0 Å². The Morgan fingerprint density at radius 2 is 1.93 bits per heavy atom. The summed E-state index contributed by atoms with van der Waals surface area (Å²) in [6.07, 6.45) is 3.92. The molecule has 0 amide bonds. The first-order valence-electron chi connectivity index (χ1n) is 5.32. The van der Waals surface area contributed by atoms with Crippen LogP contribution in [0.25, 0.3) is 0 Å². The molecule has 82 valence electrons. The molecule has 0 aliphatic carbocycles. The van der Waals surface area contributed by atoms with E-state index in [0.29, 0.717) is 19.3 Å². The molecule has 0 saturated carbocycles. The van der Waals surface area contributed by atoms with Gasteiger partial charge in [-0.15, -0.1) is 0 Å². The van der Waals surface area contributed by atoms with Crippen LogP contribution in [0.4, 0.5) is 0 Å². The van der Waals surface area contributed by atoms with Gasteiger partial charge in [-0.2, -0.15) is 0 Å². The molecule has 0 saturated heterocycles. The van der Waals surface area contributed by atoms with Gasteiger partial charge in [0.1, 0.15) is 0 Å². The van der Waals surface area contributed by atoms with Crippen LogP contribution < -0.4 is 0 Å². The normalized spacial score (nSPS) is 14.5. The molecule has 14 heavy (non-hydrogen) atoms. The maximum atomic E-state index is 11.3. The minimum absolute atomic E-state index is 0.269. The van der Waals surface area contributed by atoms with Crippen LogP contribution in [0.3, 0.4) is 0 Å². The summed E-state index contributed by atoms with van der Waals surface area (Å²) < 4.78 is 5.21. The first kappa shape index (κ1) is 13.1. The molecule has 0 aromatic rings. The third-order valence-corrected chi connectivity index (χ3v) is 2.26. The van der Waals surface area contributed by atoms with Gasteiger partial charge in [0, 0.05) is 6.42 Å². The molecule has 3 nitrogen and oxygen atoms in total. The number of esters is 1. The molecule has 1 unspecified atom stereocenters. The van der Waals surface area contributed by atoms with Crippen molar-refractivity contribution in [3.05, 3.63) is 0 Å². The molecule has 1 atom stereocenters. The van der Waals surface area contributed by atoms with Gasteiger partial charge in [0.2, 0.25) is 0 Å². The Balaban J connectivity index is 4.33. The van der Waals surface area contributed by atoms with Gasteiger partial charge in [0.05, 0.1) is 0 Å². The van der Waals surface area contributed by atoms with Crippen molar-refractivity contribution in [2.75, 3.05) is 0 Å². The van der Waals surface area contributed by atoms with Crippen molar-refractivity contribution < 1.29 is 14.3 Å². The topological polar surface area (TPSA) is 43.4 Å². The monoisotopic (exact) mass is 200 g/mol. The fraction of sp³-hybridized carbons (Fsp3) is 0.818. The average Bonchev–Trinajstić information content (AvgIpc) is 2.17. The van der Waals surface area contributed by atoms with Crippen LogP contribution in [0, 0.1) is 0 Å². The van der Waals surface area contributed by atoms with E-state index in [9.17, 15) is 9.59 Å². The van der Waals surface area contributed by atoms with Crippen molar-refractivity contribution in [2.24, 2.45) is 0 Å². The lowest BCUT2D eigenvalue weighted by atomic mass is 9.96. The quantitative estimate of drug-likeness (QED) is 0.468. The maximum absolute atomic E-state index is 11.3. The Labute approximate surface area is 85.8 Å². The van der Waals surface area contributed by atoms with Gasteiger partial charge in [-0.3, -0.25) is 9.59 Å². The molecule has 0 rings (SSSR count). The first-order valence-corrected chi connectivity index (χ1v) is 5.32. The van der Waals surface area contributed by atoms with Crippen molar-refractivity contribution in [1.29, 1.82) is 0 Å². The molecule has 0 bridgehead atoms. The lowest BCUT2D eigenvalue weighted by Gasteiger charge is -2.26. The second-order valence-electron chi connectivity index (χ2n) is 3.51. The smallest absolute Gasteiger partial charge is 0.306 e. The summed E-state index contributed by atoms with van der Waals surface area (Å²) in [4.78, 5) is 22.2. The van der Waals surface area contributed by atoms with E-state index in [1.807, 2.05) is 20.8 Å². The zero-order valence-corrected chi connectivity index (χ0v) is 9.34. The molecule has 0 aliphatic rings. The van der Waals surface area contributed by atoms with Gasteiger partial charge in [-0.05, 0) is 19.3 Å². The molecular weight excluding hydrogens is 180 g/mol. The third-order valence-electron chi connectivity index (χ3n) is 2.26. The van der Waals surface area contributed by atoms with Crippen molar-refractivity contribution in [2.45, 2.75) is 58.5 Å². The average molecular weight is 200 g/mol. The number of hydrogen-bond donors (Lipinski definition) is 0. The molecule has 0 aliphatic heterocycles. The van der Waals surface area contributed by atoms with Crippen molar-refractivity contribution in [3.63, 3.8) is 0 Å². The van der Waals surface area contributed by atoms with Crippen LogP contribution in [0.5, 0.6) is 0 Å². The highest BCUT2D eigenvalue weighted by Gasteiger charge is 2.30. The first-order chi connectivity index (χ1) is 6.64. The minimum Gasteiger partial charge on any atom is -0.451 e. The Morgan fingerprint density at radius 3 is 2.29 bits per heavy atom. The summed E-state index contributed by atoms with van der Waals surface area (Å²) in [5.74, 6) is -0.269. The van der Waals surface area contributed by atoms with E-state index in [-0.39, 0.29) is 5.97 Å². The van der Waals surface area contributed by atoms with Gasteiger partial charge >= 0.3 is 5.97 Å². The Bertz CT molecular complexity index is 189. The summed E-state index contributed by atoms with van der Waals surface area (Å²) in [6, 6.07) is 0. The molecule has 3 heteroatoms. The summed E-state index contributed by atoms with van der Waals surface area (Å²) in [5.41, 5.74) is -0.874. The maximum Gasteiger partial charge on any atom is 0.306 e. The van der Waals surface area contributed by atoms with Crippen molar-refractivity contribution in [1.82, 2.24) is 0 Å².